The van der Waals surface area contributed by atoms with Crippen LogP contribution in [-0.2, 0) is 15.4 Å². The van der Waals surface area contributed by atoms with Crippen molar-refractivity contribution in [3.63, 3.8) is 0 Å². The van der Waals surface area contributed by atoms with E-state index in [1.165, 1.54) is 13.3 Å². The lowest BCUT2D eigenvalue weighted by Gasteiger charge is -2.20. The minimum absolute atomic E-state index is 0.152. The van der Waals surface area contributed by atoms with Crippen LogP contribution in [0.4, 0.5) is 0 Å². The van der Waals surface area contributed by atoms with E-state index < -0.39 is 10.0 Å². The minimum atomic E-state index is -3.78. The van der Waals surface area contributed by atoms with E-state index in [0.29, 0.717) is 22.6 Å². The summed E-state index contributed by atoms with van der Waals surface area (Å²) in [6.45, 7) is 7.88. The van der Waals surface area contributed by atoms with Crippen LogP contribution in [0.3, 0.4) is 0 Å². The topological polar surface area (TPSA) is 77.0 Å². The second kappa shape index (κ2) is 8.00. The Morgan fingerprint density at radius 2 is 1.67 bits per heavy atom. The Kier molecular flexibility index (Phi) is 6.15. The van der Waals surface area contributed by atoms with Gasteiger partial charge in [0.25, 0.3) is 10.0 Å². The zero-order chi connectivity index (χ0) is 20.2. The molecule has 0 aliphatic heterocycles. The molecule has 6 nitrogen and oxygen atoms in total. The maximum Gasteiger partial charge on any atom is 0.276 e. The molecule has 0 spiro atoms. The fraction of sp³-hybridized carbons (Fsp3) is 0.350. The first-order valence-electron chi connectivity index (χ1n) is 8.46. The van der Waals surface area contributed by atoms with Gasteiger partial charge in [-0.25, -0.2) is 4.83 Å². The van der Waals surface area contributed by atoms with E-state index in [2.05, 4.69) is 9.93 Å². The van der Waals surface area contributed by atoms with Gasteiger partial charge < -0.3 is 9.47 Å². The van der Waals surface area contributed by atoms with E-state index in [-0.39, 0.29) is 10.3 Å². The number of ether oxygens (including phenoxy) is 2. The van der Waals surface area contributed by atoms with E-state index in [1.807, 2.05) is 32.9 Å². The second-order valence-electron chi connectivity index (χ2n) is 7.20. The summed E-state index contributed by atoms with van der Waals surface area (Å²) in [6, 6.07) is 10.6. The lowest BCUT2D eigenvalue weighted by atomic mass is 9.87. The molecule has 0 aromatic heterocycles. The highest BCUT2D eigenvalue weighted by atomic mass is 32.2. The number of methoxy groups -OCH3 is 2. The Morgan fingerprint density at radius 1 is 1.00 bits per heavy atom. The first kappa shape index (κ1) is 20.8. The van der Waals surface area contributed by atoms with E-state index >= 15 is 0 Å². The molecule has 7 heteroatoms. The number of hydrogen-bond donors (Lipinski definition) is 1. The highest BCUT2D eigenvalue weighted by molar-refractivity contribution is 7.89. The largest absolute Gasteiger partial charge is 0.493 e. The molecular formula is C20H26N2O4S. The van der Waals surface area contributed by atoms with Crippen molar-refractivity contribution in [1.29, 1.82) is 0 Å². The van der Waals surface area contributed by atoms with Crippen molar-refractivity contribution in [2.75, 3.05) is 14.2 Å². The van der Waals surface area contributed by atoms with Crippen LogP contribution in [0.1, 0.15) is 37.5 Å². The highest BCUT2D eigenvalue weighted by Crippen LogP contribution is 2.28. The van der Waals surface area contributed by atoms with Crippen molar-refractivity contribution in [3.8, 4) is 11.5 Å². The summed E-state index contributed by atoms with van der Waals surface area (Å²) in [5.74, 6) is 1.13. The number of nitrogens with one attached hydrogen (secondary N) is 1. The van der Waals surface area contributed by atoms with Crippen LogP contribution in [0.15, 0.2) is 46.4 Å². The van der Waals surface area contributed by atoms with Gasteiger partial charge in [0.15, 0.2) is 11.5 Å². The molecule has 1 N–H and O–H groups in total. The summed E-state index contributed by atoms with van der Waals surface area (Å²) in [6.07, 6.45) is 1.42. The minimum Gasteiger partial charge on any atom is -0.493 e. The zero-order valence-corrected chi connectivity index (χ0v) is 17.3. The van der Waals surface area contributed by atoms with Crippen molar-refractivity contribution in [1.82, 2.24) is 4.83 Å². The molecule has 2 aromatic rings. The summed E-state index contributed by atoms with van der Waals surface area (Å²) >= 11 is 0. The summed E-state index contributed by atoms with van der Waals surface area (Å²) in [5.41, 5.74) is 2.13. The number of rotatable bonds is 6. The van der Waals surface area contributed by atoms with E-state index in [1.54, 1.807) is 38.3 Å². The predicted molar refractivity (Wildman–Crippen MR) is 107 cm³/mol. The van der Waals surface area contributed by atoms with Gasteiger partial charge in [-0.05, 0) is 53.3 Å². The van der Waals surface area contributed by atoms with Crippen LogP contribution in [0.5, 0.6) is 11.5 Å². The molecule has 0 aliphatic rings. The number of hydrogen-bond acceptors (Lipinski definition) is 5. The Labute approximate surface area is 161 Å². The van der Waals surface area contributed by atoms with Gasteiger partial charge in [-0.1, -0.05) is 32.9 Å². The molecule has 0 aliphatic carbocycles. The van der Waals surface area contributed by atoms with Gasteiger partial charge in [-0.3, -0.25) is 0 Å². The molecular weight excluding hydrogens is 364 g/mol. The lowest BCUT2D eigenvalue weighted by molar-refractivity contribution is 0.355. The van der Waals surface area contributed by atoms with Crippen LogP contribution in [0.25, 0.3) is 0 Å². The normalized spacial score (nSPS) is 12.2. The molecule has 0 bridgehead atoms. The van der Waals surface area contributed by atoms with Gasteiger partial charge in [-0.15, -0.1) is 0 Å². The standard InChI is InChI=1S/C20H26N2O4S/c1-14-7-9-16(20(2,3)4)12-19(14)27(23,24)22-21-13-15-8-10-17(25-5)18(11-15)26-6/h7-13,22H,1-6H3/b21-13+. The first-order chi connectivity index (χ1) is 12.6. The smallest absolute Gasteiger partial charge is 0.276 e. The number of hydrazone groups is 1. The molecule has 0 fully saturated rings. The van der Waals surface area contributed by atoms with Crippen molar-refractivity contribution in [2.45, 2.75) is 38.0 Å². The summed E-state index contributed by atoms with van der Waals surface area (Å²) in [7, 11) is -0.693. The van der Waals surface area contributed by atoms with Gasteiger partial charge >= 0.3 is 0 Å². The zero-order valence-electron chi connectivity index (χ0n) is 16.5. The molecule has 0 saturated carbocycles. The highest BCUT2D eigenvalue weighted by Gasteiger charge is 2.21. The SMILES string of the molecule is COc1ccc(/C=N/NS(=O)(=O)c2cc(C(C)(C)C)ccc2C)cc1OC. The Bertz CT molecular complexity index is 945. The van der Waals surface area contributed by atoms with E-state index in [4.69, 9.17) is 9.47 Å². The van der Waals surface area contributed by atoms with E-state index in [9.17, 15) is 8.42 Å². The van der Waals surface area contributed by atoms with E-state index in [0.717, 1.165) is 5.56 Å². The molecule has 2 aromatic carbocycles. The van der Waals surface area contributed by atoms with Crippen LogP contribution in [0, 0.1) is 6.92 Å². The van der Waals surface area contributed by atoms with Crippen molar-refractivity contribution < 1.29 is 17.9 Å². The maximum absolute atomic E-state index is 12.7. The van der Waals surface area contributed by atoms with Gasteiger partial charge in [0, 0.05) is 0 Å². The summed E-state index contributed by atoms with van der Waals surface area (Å²) in [5, 5.41) is 3.89. The van der Waals surface area contributed by atoms with Crippen molar-refractivity contribution in [3.05, 3.63) is 53.1 Å². The van der Waals surface area contributed by atoms with Crippen molar-refractivity contribution in [2.24, 2.45) is 5.10 Å². The number of sulfonamides is 1. The second-order valence-corrected chi connectivity index (χ2v) is 8.83. The maximum atomic E-state index is 12.7. The third kappa shape index (κ3) is 5.01. The van der Waals surface area contributed by atoms with Gasteiger partial charge in [0.1, 0.15) is 0 Å². The van der Waals surface area contributed by atoms with Crippen LogP contribution >= 0.6 is 0 Å². The lowest BCUT2D eigenvalue weighted by Crippen LogP contribution is -2.21. The number of benzene rings is 2. The Hall–Kier alpha value is -2.54. The first-order valence-corrected chi connectivity index (χ1v) is 9.95. The molecule has 146 valence electrons. The van der Waals surface area contributed by atoms with Crippen LogP contribution < -0.4 is 14.3 Å². The predicted octanol–water partition coefficient (Wildman–Crippen LogP) is 3.62. The molecule has 27 heavy (non-hydrogen) atoms. The molecule has 0 atom stereocenters. The third-order valence-corrected chi connectivity index (χ3v) is 5.50. The molecule has 0 radical (unpaired) electrons. The Morgan fingerprint density at radius 3 is 2.26 bits per heavy atom. The van der Waals surface area contributed by atoms with Gasteiger partial charge in [0.05, 0.1) is 25.3 Å². The van der Waals surface area contributed by atoms with Gasteiger partial charge in [-0.2, -0.15) is 13.5 Å². The third-order valence-electron chi connectivity index (χ3n) is 4.14. The Balaban J connectivity index is 2.26. The van der Waals surface area contributed by atoms with Gasteiger partial charge in [0.2, 0.25) is 0 Å². The molecule has 0 heterocycles. The fourth-order valence-electron chi connectivity index (χ4n) is 2.51. The fourth-order valence-corrected chi connectivity index (χ4v) is 3.57. The average Bonchev–Trinajstić information content (AvgIpc) is 2.60. The molecule has 2 rings (SSSR count). The quantitative estimate of drug-likeness (QED) is 0.604. The monoisotopic (exact) mass is 390 g/mol. The molecule has 0 unspecified atom stereocenters. The summed E-state index contributed by atoms with van der Waals surface area (Å²) < 4.78 is 35.8. The average molecular weight is 391 g/mol. The number of nitrogens with zero attached hydrogens (tertiary/aromatic N) is 1. The molecule has 0 amide bonds. The van der Waals surface area contributed by atoms with Crippen LogP contribution in [-0.4, -0.2) is 28.9 Å². The summed E-state index contributed by atoms with van der Waals surface area (Å²) in [4.78, 5) is 2.50. The van der Waals surface area contributed by atoms with Crippen molar-refractivity contribution >= 4 is 16.2 Å². The number of aryl methyl sites for hydroxylation is 1. The molecule has 0 saturated heterocycles. The van der Waals surface area contributed by atoms with Crippen LogP contribution in [0.2, 0.25) is 0 Å².